The molecular formula is C17H27N2O4SY. The van der Waals surface area contributed by atoms with Gasteiger partial charge in [-0.05, 0) is 13.8 Å². The van der Waals surface area contributed by atoms with Crippen LogP contribution in [0.2, 0.25) is 0 Å². The van der Waals surface area contributed by atoms with Crippen LogP contribution in [-0.2, 0) is 53.9 Å². The molecule has 1 amide bonds. The molecule has 25 heavy (non-hydrogen) atoms. The van der Waals surface area contributed by atoms with Gasteiger partial charge in [0.25, 0.3) is 5.91 Å². The van der Waals surface area contributed by atoms with E-state index < -0.39 is 20.7 Å². The molecule has 8 heteroatoms. The maximum Gasteiger partial charge on any atom is 3.00 e. The summed E-state index contributed by atoms with van der Waals surface area (Å²) >= 11 is 0. The Labute approximate surface area is 177 Å². The van der Waals surface area contributed by atoms with Crippen molar-refractivity contribution < 1.29 is 51.1 Å². The van der Waals surface area contributed by atoms with Crippen molar-refractivity contribution >= 4 is 15.9 Å². The number of benzene rings is 1. The number of nitrogens with one attached hydrogen (secondary N) is 1. The molecule has 0 heterocycles. The standard InChI is InChI=1S/C9H11.C8H16N2O4S.Y/c1-3-9-7-5-4-6-8(9)2;1-5-10(6-2)15(13,14)8(3,4)7(11)9-12;/h5-7H,3H2,1-2H3;12H,1-2,5-6H2,3-4H3,(H,9,11);/q-1;-2;+3. The van der Waals surface area contributed by atoms with Gasteiger partial charge in [0.05, 0.1) is 0 Å². The molecule has 0 aliphatic heterocycles. The number of rotatable bonds is 6. The van der Waals surface area contributed by atoms with Gasteiger partial charge < -0.3 is 13.8 Å². The van der Waals surface area contributed by atoms with Crippen molar-refractivity contribution in [1.29, 1.82) is 0 Å². The minimum atomic E-state index is -3.88. The van der Waals surface area contributed by atoms with Gasteiger partial charge in [-0.3, -0.25) is 14.3 Å². The van der Waals surface area contributed by atoms with Gasteiger partial charge >= 0.3 is 32.7 Å². The number of hydrogen-bond acceptors (Lipinski definition) is 4. The van der Waals surface area contributed by atoms with E-state index in [4.69, 9.17) is 5.21 Å². The SMILES string of the molecule is CCc1cc[c-]cc1C.[CH2-]CN(C[CH2-])S(=O)(=O)C(C)(C)C(=O)NO.[Y+3]. The Morgan fingerprint density at radius 1 is 1.36 bits per heavy atom. The van der Waals surface area contributed by atoms with Gasteiger partial charge in [0.15, 0.2) is 4.75 Å². The maximum atomic E-state index is 11.9. The normalized spacial score (nSPS) is 11.2. The molecule has 0 aliphatic rings. The Hall–Kier alpha value is -0.336. The van der Waals surface area contributed by atoms with E-state index in [1.54, 1.807) is 0 Å². The molecule has 138 valence electrons. The predicted molar refractivity (Wildman–Crippen MR) is 94.6 cm³/mol. The molecular weight excluding hydrogens is 417 g/mol. The first-order valence-corrected chi connectivity index (χ1v) is 9.02. The second kappa shape index (κ2) is 12.1. The summed E-state index contributed by atoms with van der Waals surface area (Å²) in [5.74, 6) is -0.991. The van der Waals surface area contributed by atoms with Crippen molar-refractivity contribution in [1.82, 2.24) is 9.79 Å². The van der Waals surface area contributed by atoms with Gasteiger partial charge in [-0.2, -0.15) is 35.4 Å². The Morgan fingerprint density at radius 3 is 2.20 bits per heavy atom. The molecule has 2 N–H and O–H groups in total. The van der Waals surface area contributed by atoms with E-state index in [1.165, 1.54) is 30.5 Å². The second-order valence-electron chi connectivity index (χ2n) is 5.56. The third kappa shape index (κ3) is 7.06. The van der Waals surface area contributed by atoms with Gasteiger partial charge in [-0.25, -0.2) is 13.9 Å². The average Bonchev–Trinajstić information content (AvgIpc) is 2.55. The molecule has 0 atom stereocenters. The molecule has 1 rings (SSSR count). The first kappa shape index (κ1) is 26.9. The minimum Gasteiger partial charge on any atom is -0.329 e. The third-order valence-corrected chi connectivity index (χ3v) is 6.22. The van der Waals surface area contributed by atoms with E-state index >= 15 is 0 Å². The van der Waals surface area contributed by atoms with E-state index in [1.807, 2.05) is 12.1 Å². The number of hydroxylamine groups is 1. The van der Waals surface area contributed by atoms with Crippen LogP contribution >= 0.6 is 0 Å². The van der Waals surface area contributed by atoms with Crippen molar-refractivity contribution in [2.45, 2.75) is 38.9 Å². The molecule has 1 aromatic carbocycles. The second-order valence-corrected chi connectivity index (χ2v) is 8.05. The first-order valence-electron chi connectivity index (χ1n) is 7.58. The Morgan fingerprint density at radius 2 is 1.88 bits per heavy atom. The van der Waals surface area contributed by atoms with Crippen LogP contribution in [0.3, 0.4) is 0 Å². The molecule has 0 saturated heterocycles. The molecule has 0 bridgehead atoms. The van der Waals surface area contributed by atoms with Gasteiger partial charge in [-0.15, -0.1) is 13.1 Å². The van der Waals surface area contributed by atoms with Gasteiger partial charge in [0, 0.05) is 0 Å². The van der Waals surface area contributed by atoms with Crippen LogP contribution < -0.4 is 5.48 Å². The zero-order valence-corrected chi connectivity index (χ0v) is 19.0. The van der Waals surface area contributed by atoms with Crippen LogP contribution in [0, 0.1) is 26.8 Å². The summed E-state index contributed by atoms with van der Waals surface area (Å²) in [6.45, 7) is 13.5. The van der Waals surface area contributed by atoms with E-state index in [0.717, 1.165) is 10.7 Å². The summed E-state index contributed by atoms with van der Waals surface area (Å²) in [7, 11) is -3.88. The topological polar surface area (TPSA) is 86.7 Å². The van der Waals surface area contributed by atoms with Crippen molar-refractivity contribution in [3.05, 3.63) is 49.2 Å². The molecule has 0 aromatic heterocycles. The van der Waals surface area contributed by atoms with Crippen LogP contribution in [0.5, 0.6) is 0 Å². The number of amides is 1. The zero-order valence-electron chi connectivity index (χ0n) is 15.4. The minimum absolute atomic E-state index is 0. The van der Waals surface area contributed by atoms with Crippen LogP contribution in [0.25, 0.3) is 0 Å². The largest absolute Gasteiger partial charge is 3.00 e. The van der Waals surface area contributed by atoms with Crippen molar-refractivity contribution in [2.75, 3.05) is 13.1 Å². The van der Waals surface area contributed by atoms with Crippen molar-refractivity contribution in [3.63, 3.8) is 0 Å². The molecule has 0 saturated carbocycles. The van der Waals surface area contributed by atoms with E-state index in [2.05, 4.69) is 39.8 Å². The van der Waals surface area contributed by atoms with Crippen LogP contribution in [0.4, 0.5) is 0 Å². The zero-order chi connectivity index (χ0) is 19.0. The Bertz CT molecular complexity index is 629. The summed E-state index contributed by atoms with van der Waals surface area (Å²) in [6.07, 6.45) is 1.13. The number of nitrogens with zero attached hydrogens (tertiary/aromatic N) is 1. The first-order chi connectivity index (χ1) is 11.1. The smallest absolute Gasteiger partial charge is 0.329 e. The Balaban J connectivity index is 0. The summed E-state index contributed by atoms with van der Waals surface area (Å²) in [5, 5.41) is 8.45. The monoisotopic (exact) mass is 444 g/mol. The summed E-state index contributed by atoms with van der Waals surface area (Å²) in [5.41, 5.74) is 4.10. The molecule has 0 unspecified atom stereocenters. The number of carbonyl (C=O) groups is 1. The summed E-state index contributed by atoms with van der Waals surface area (Å²) in [4.78, 5) is 11.2. The maximum absolute atomic E-state index is 11.9. The number of hydrogen-bond donors (Lipinski definition) is 2. The Kier molecular flexibility index (Phi) is 13.0. The van der Waals surface area contributed by atoms with Gasteiger partial charge in [-0.1, -0.05) is 20.3 Å². The molecule has 0 radical (unpaired) electrons. The van der Waals surface area contributed by atoms with Crippen LogP contribution in [0.1, 0.15) is 31.9 Å². The van der Waals surface area contributed by atoms with E-state index in [0.29, 0.717) is 0 Å². The number of aryl methyl sites for hydroxylation is 2. The third-order valence-electron chi connectivity index (χ3n) is 3.70. The summed E-state index contributed by atoms with van der Waals surface area (Å²) < 4.78 is 23.0. The fraction of sp³-hybridized carbons (Fsp3) is 0.471. The molecule has 6 nitrogen and oxygen atoms in total. The quantitative estimate of drug-likeness (QED) is 0.399. The van der Waals surface area contributed by atoms with Gasteiger partial charge in [0.2, 0.25) is 10.0 Å². The summed E-state index contributed by atoms with van der Waals surface area (Å²) in [6, 6.07) is 9.15. The fourth-order valence-electron chi connectivity index (χ4n) is 1.87. The predicted octanol–water partition coefficient (Wildman–Crippen LogP) is 1.93. The molecule has 1 aromatic rings. The van der Waals surface area contributed by atoms with Crippen LogP contribution in [0.15, 0.2) is 18.2 Å². The molecule has 0 fully saturated rings. The fourth-order valence-corrected chi connectivity index (χ4v) is 3.28. The van der Waals surface area contributed by atoms with Gasteiger partial charge in [0.1, 0.15) is 0 Å². The molecule has 0 aliphatic carbocycles. The van der Waals surface area contributed by atoms with Crippen molar-refractivity contribution in [2.24, 2.45) is 0 Å². The number of carbonyl (C=O) groups excluding carboxylic acids is 1. The molecule has 0 spiro atoms. The van der Waals surface area contributed by atoms with E-state index in [-0.39, 0.29) is 45.8 Å². The average molecular weight is 444 g/mol. The van der Waals surface area contributed by atoms with Crippen molar-refractivity contribution in [3.8, 4) is 0 Å². The van der Waals surface area contributed by atoms with E-state index in [9.17, 15) is 13.2 Å². The van der Waals surface area contributed by atoms with Crippen LogP contribution in [-0.4, -0.2) is 41.7 Å². The number of sulfonamides is 1.